The second-order valence-electron chi connectivity index (χ2n) is 9.45. The van der Waals surface area contributed by atoms with Crippen molar-refractivity contribution in [3.63, 3.8) is 0 Å². The minimum absolute atomic E-state index is 0.00389. The highest BCUT2D eigenvalue weighted by atomic mass is 32.2. The molecule has 0 saturated heterocycles. The summed E-state index contributed by atoms with van der Waals surface area (Å²) in [5.74, 6) is -4.68. The van der Waals surface area contributed by atoms with Crippen LogP contribution in [-0.2, 0) is 9.59 Å². The molecular weight excluding hydrogens is 564 g/mol. The van der Waals surface area contributed by atoms with E-state index in [4.69, 9.17) is 11.5 Å². The Bertz CT molecular complexity index is 1330. The van der Waals surface area contributed by atoms with Gasteiger partial charge in [-0.15, -0.1) is 23.5 Å². The van der Waals surface area contributed by atoms with E-state index in [2.05, 4.69) is 9.98 Å². The van der Waals surface area contributed by atoms with Gasteiger partial charge >= 0.3 is 11.9 Å². The first-order valence-electron chi connectivity index (χ1n) is 12.6. The summed E-state index contributed by atoms with van der Waals surface area (Å²) in [6.45, 7) is 3.23. The third-order valence-corrected chi connectivity index (χ3v) is 9.14. The number of aliphatic hydroxyl groups is 2. The first-order chi connectivity index (χ1) is 19.0. The molecule has 14 nitrogen and oxygen atoms in total. The van der Waals surface area contributed by atoms with Gasteiger partial charge < -0.3 is 31.9 Å². The molecule has 0 radical (unpaired) electrons. The minimum atomic E-state index is -1.39. The number of carbonyl (C=O) groups is 2. The van der Waals surface area contributed by atoms with E-state index in [1.807, 2.05) is 0 Å². The first kappa shape index (κ1) is 31.4. The molecule has 0 saturated carbocycles. The summed E-state index contributed by atoms with van der Waals surface area (Å²) in [7, 11) is 0. The lowest BCUT2D eigenvalue weighted by Gasteiger charge is -2.26. The zero-order valence-electron chi connectivity index (χ0n) is 22.0. The lowest BCUT2D eigenvalue weighted by molar-refractivity contribution is -0.148. The van der Waals surface area contributed by atoms with E-state index >= 15 is 0 Å². The quantitative estimate of drug-likeness (QED) is 0.0755. The Kier molecular flexibility index (Phi) is 10.6. The molecule has 0 bridgehead atoms. The molecule has 2 aliphatic heterocycles. The molecule has 1 aromatic rings. The molecule has 3 rings (SSSR count). The Morgan fingerprint density at radius 1 is 0.850 bits per heavy atom. The molecule has 40 heavy (non-hydrogen) atoms. The first-order valence-corrected chi connectivity index (χ1v) is 14.6. The van der Waals surface area contributed by atoms with Crippen LogP contribution < -0.4 is 33.3 Å². The number of hydrogen-bond acceptors (Lipinski definition) is 10. The topological polar surface area (TPSA) is 236 Å². The number of nitrogens with zero attached hydrogens (tertiary/aromatic N) is 4. The number of aromatic nitrogens is 2. The number of aliphatic imine (C=N–C) groups is 2. The second-order valence-corrected chi connectivity index (χ2v) is 11.8. The summed E-state index contributed by atoms with van der Waals surface area (Å²) in [6.07, 6.45) is -0.394. The minimum Gasteiger partial charge on any atom is -0.481 e. The highest BCUT2D eigenvalue weighted by Crippen LogP contribution is 2.38. The van der Waals surface area contributed by atoms with Crippen molar-refractivity contribution in [3.8, 4) is 0 Å². The van der Waals surface area contributed by atoms with Gasteiger partial charge in [-0.05, 0) is 13.8 Å². The van der Waals surface area contributed by atoms with E-state index < -0.39 is 59.2 Å². The number of thioether (sulfide) groups is 2. The van der Waals surface area contributed by atoms with Gasteiger partial charge in [0.15, 0.2) is 0 Å². The number of aliphatic carboxylic acids is 2. The number of fused-ring (bicyclic) bond motifs is 2. The molecule has 0 fully saturated rings. The number of hydrogen-bond donors (Lipinski definition) is 6. The number of aliphatic hydroxyl groups excluding tert-OH is 2. The molecule has 0 spiro atoms. The van der Waals surface area contributed by atoms with Crippen molar-refractivity contribution in [2.75, 3.05) is 24.6 Å². The van der Waals surface area contributed by atoms with Crippen LogP contribution in [0.1, 0.15) is 38.8 Å². The SMILES string of the molecule is CC(O)C(C(=O)O)C1CC(SCCN=CN)=c2c(=O)n3c(c(=O)n21)=C(SCCN=CN)CC3C(C(=O)O)C(C)O. The Morgan fingerprint density at radius 3 is 1.48 bits per heavy atom. The van der Waals surface area contributed by atoms with Crippen LogP contribution in [0, 0.1) is 11.8 Å². The van der Waals surface area contributed by atoms with Crippen LogP contribution >= 0.6 is 23.5 Å². The molecule has 220 valence electrons. The van der Waals surface area contributed by atoms with Crippen LogP contribution in [0.2, 0.25) is 0 Å². The Morgan fingerprint density at radius 2 is 1.20 bits per heavy atom. The van der Waals surface area contributed by atoms with Gasteiger partial charge in [-0.1, -0.05) is 0 Å². The highest BCUT2D eigenvalue weighted by molar-refractivity contribution is 8.08. The van der Waals surface area contributed by atoms with Crippen LogP contribution in [0.3, 0.4) is 0 Å². The summed E-state index contributed by atoms with van der Waals surface area (Å²) in [4.78, 5) is 61.5. The number of carboxylic acids is 2. The fourth-order valence-electron chi connectivity index (χ4n) is 5.34. The summed E-state index contributed by atoms with van der Waals surface area (Å²) >= 11 is 2.43. The maximum Gasteiger partial charge on any atom is 0.311 e. The van der Waals surface area contributed by atoms with Gasteiger partial charge in [0, 0.05) is 34.2 Å². The monoisotopic (exact) mass is 598 g/mol. The lowest BCUT2D eigenvalue weighted by atomic mass is 9.93. The van der Waals surface area contributed by atoms with E-state index in [-0.39, 0.29) is 23.5 Å². The molecule has 0 aromatic carbocycles. The largest absolute Gasteiger partial charge is 0.481 e. The molecule has 0 amide bonds. The maximum atomic E-state index is 14.2. The molecule has 3 heterocycles. The van der Waals surface area contributed by atoms with E-state index in [0.717, 1.165) is 21.8 Å². The Balaban J connectivity index is 2.37. The van der Waals surface area contributed by atoms with Gasteiger partial charge in [0.2, 0.25) is 0 Å². The molecule has 6 unspecified atom stereocenters. The van der Waals surface area contributed by atoms with Crippen molar-refractivity contribution in [1.82, 2.24) is 9.13 Å². The number of rotatable bonds is 14. The summed E-state index contributed by atoms with van der Waals surface area (Å²) in [6, 6.07) is -2.11. The van der Waals surface area contributed by atoms with E-state index in [1.165, 1.54) is 37.4 Å². The number of carboxylic acid groups (broad SMARTS) is 2. The summed E-state index contributed by atoms with van der Waals surface area (Å²) in [5.41, 5.74) is 9.28. The standard InChI is InChI=1S/C24H34N6O8S2/c1-11(31)17(23(35)36)13-7-15(39-5-3-27-9-25)19-22(34)30-14(18(12(2)32)24(37)38)8-16(40-6-4-28-10-26)20(30)21(33)29(13)19/h9-14,17-18,31-32H,3-8H2,1-2H3,(H2,25,27)(H2,26,28)(H,35,36)(H,37,38). The van der Waals surface area contributed by atoms with Crippen LogP contribution in [0.5, 0.6) is 0 Å². The molecule has 8 N–H and O–H groups in total. The van der Waals surface area contributed by atoms with E-state index in [1.54, 1.807) is 0 Å². The van der Waals surface area contributed by atoms with Crippen LogP contribution in [0.15, 0.2) is 19.6 Å². The van der Waals surface area contributed by atoms with Gasteiger partial charge in [0.25, 0.3) is 11.1 Å². The third-order valence-electron chi connectivity index (χ3n) is 6.95. The zero-order valence-corrected chi connectivity index (χ0v) is 23.7. The smallest absolute Gasteiger partial charge is 0.311 e. The van der Waals surface area contributed by atoms with Crippen molar-refractivity contribution in [3.05, 3.63) is 31.4 Å². The average Bonchev–Trinajstić information content (AvgIpc) is 3.42. The average molecular weight is 599 g/mol. The summed E-state index contributed by atoms with van der Waals surface area (Å²) < 4.78 is 2.29. The van der Waals surface area contributed by atoms with Crippen molar-refractivity contribution in [2.24, 2.45) is 33.3 Å². The molecule has 1 aromatic heterocycles. The lowest BCUT2D eigenvalue weighted by Crippen LogP contribution is -2.59. The molecule has 6 atom stereocenters. The highest BCUT2D eigenvalue weighted by Gasteiger charge is 2.44. The second kappa shape index (κ2) is 13.5. The predicted octanol–water partition coefficient (Wildman–Crippen LogP) is -2.28. The van der Waals surface area contributed by atoms with Crippen molar-refractivity contribution >= 4 is 57.9 Å². The van der Waals surface area contributed by atoms with Gasteiger partial charge in [-0.2, -0.15) is 0 Å². The molecular formula is C24H34N6O8S2. The van der Waals surface area contributed by atoms with Crippen molar-refractivity contribution in [2.45, 2.75) is 51.0 Å². The van der Waals surface area contributed by atoms with Gasteiger partial charge in [-0.3, -0.25) is 38.3 Å². The predicted molar refractivity (Wildman–Crippen MR) is 154 cm³/mol. The molecule has 2 aliphatic rings. The fraction of sp³-hybridized carbons (Fsp3) is 0.583. The van der Waals surface area contributed by atoms with E-state index in [9.17, 15) is 39.6 Å². The van der Waals surface area contributed by atoms with Gasteiger partial charge in [0.05, 0.1) is 50.1 Å². The van der Waals surface area contributed by atoms with Crippen molar-refractivity contribution in [1.29, 1.82) is 0 Å². The fourth-order valence-corrected chi connectivity index (χ4v) is 7.45. The molecule has 16 heteroatoms. The Labute approximate surface area is 237 Å². The normalized spacial score (nSPS) is 21.5. The number of nitrogens with two attached hydrogens (primary N) is 2. The third kappa shape index (κ3) is 6.14. The zero-order chi connectivity index (χ0) is 29.7. The van der Waals surface area contributed by atoms with E-state index in [0.29, 0.717) is 34.4 Å². The Hall–Kier alpha value is -3.08. The van der Waals surface area contributed by atoms with Crippen molar-refractivity contribution < 1.29 is 30.0 Å². The maximum absolute atomic E-state index is 14.2. The van der Waals surface area contributed by atoms with Crippen LogP contribution in [-0.4, -0.2) is 91.0 Å². The van der Waals surface area contributed by atoms with Crippen LogP contribution in [0.25, 0.3) is 9.81 Å². The molecule has 0 aliphatic carbocycles. The summed E-state index contributed by atoms with van der Waals surface area (Å²) in [5, 5.41) is 40.5. The van der Waals surface area contributed by atoms with Gasteiger partial charge in [-0.25, -0.2) is 0 Å². The van der Waals surface area contributed by atoms with Gasteiger partial charge in [0.1, 0.15) is 22.5 Å². The van der Waals surface area contributed by atoms with Crippen LogP contribution in [0.4, 0.5) is 0 Å².